The number of carbonyl (C=O) groups excluding carboxylic acids is 1. The maximum Gasteiger partial charge on any atom is 0.284 e. The third kappa shape index (κ3) is 4.84. The van der Waals surface area contributed by atoms with Crippen LogP contribution < -0.4 is 5.32 Å². The number of para-hydroxylation sites is 1. The van der Waals surface area contributed by atoms with Gasteiger partial charge in [0, 0.05) is 0 Å². The summed E-state index contributed by atoms with van der Waals surface area (Å²) in [6.45, 7) is 5.69. The fourth-order valence-corrected chi connectivity index (χ4v) is 4.94. The molecule has 1 aliphatic carbocycles. The second kappa shape index (κ2) is 10.1. The predicted octanol–water partition coefficient (Wildman–Crippen LogP) is 6.95. The molecule has 0 spiro atoms. The Bertz CT molecular complexity index is 1300. The van der Waals surface area contributed by atoms with Gasteiger partial charge >= 0.3 is 0 Å². The number of rotatable bonds is 6. The van der Waals surface area contributed by atoms with Crippen molar-refractivity contribution >= 4 is 28.5 Å². The SMILES string of the molecule is C=C/C=C(\C=C(/C)OC)c1ccc2c(c1)-c1sc(C(=O)Nc3c(F)cccc3F)nc1CCC2. The Labute approximate surface area is 201 Å². The first-order valence-electron chi connectivity index (χ1n) is 10.8. The van der Waals surface area contributed by atoms with Crippen molar-refractivity contribution in [2.24, 2.45) is 0 Å². The van der Waals surface area contributed by atoms with Gasteiger partial charge in [0.15, 0.2) is 5.01 Å². The van der Waals surface area contributed by atoms with Crippen molar-refractivity contribution in [2.75, 3.05) is 12.4 Å². The number of fused-ring (bicyclic) bond motifs is 3. The number of aryl methyl sites for hydroxylation is 2. The first-order valence-corrected chi connectivity index (χ1v) is 11.7. The van der Waals surface area contributed by atoms with Crippen molar-refractivity contribution in [3.05, 3.63) is 100 Å². The molecule has 1 amide bonds. The standard InChI is InChI=1S/C27H24F2N2O2S/c1-4-7-18(14-16(2)33-3)19-13-12-17-8-5-11-23-25(20(17)15-19)34-27(30-23)26(32)31-24-21(28)9-6-10-22(24)29/h4,6-7,9-10,12-15H,1,5,8,11H2,2-3H3,(H,31,32)/b16-14+,18-7+. The van der Waals surface area contributed by atoms with Gasteiger partial charge in [0.1, 0.15) is 17.3 Å². The molecule has 0 radical (unpaired) electrons. The predicted molar refractivity (Wildman–Crippen MR) is 133 cm³/mol. The Morgan fingerprint density at radius 3 is 2.68 bits per heavy atom. The lowest BCUT2D eigenvalue weighted by Crippen LogP contribution is -2.14. The van der Waals surface area contributed by atoms with Crippen LogP contribution in [-0.2, 0) is 17.6 Å². The average Bonchev–Trinajstić information content (AvgIpc) is 3.18. The van der Waals surface area contributed by atoms with E-state index in [-0.39, 0.29) is 5.01 Å². The molecule has 0 bridgehead atoms. The van der Waals surface area contributed by atoms with Crippen LogP contribution >= 0.6 is 11.3 Å². The zero-order valence-electron chi connectivity index (χ0n) is 19.0. The highest BCUT2D eigenvalue weighted by molar-refractivity contribution is 7.17. The number of carbonyl (C=O) groups is 1. The van der Waals surface area contributed by atoms with Gasteiger partial charge < -0.3 is 10.1 Å². The molecule has 1 aliphatic rings. The number of halogens is 2. The number of aromatic nitrogens is 1. The van der Waals surface area contributed by atoms with Gasteiger partial charge in [0.2, 0.25) is 0 Å². The number of benzene rings is 2. The van der Waals surface area contributed by atoms with Gasteiger partial charge in [-0.2, -0.15) is 0 Å². The lowest BCUT2D eigenvalue weighted by Gasteiger charge is -2.11. The summed E-state index contributed by atoms with van der Waals surface area (Å²) in [7, 11) is 1.62. The second-order valence-electron chi connectivity index (χ2n) is 7.89. The number of thiazole rings is 1. The van der Waals surface area contributed by atoms with Crippen molar-refractivity contribution in [3.63, 3.8) is 0 Å². The summed E-state index contributed by atoms with van der Waals surface area (Å²) in [5.41, 5.74) is 4.45. The molecule has 3 aromatic rings. The van der Waals surface area contributed by atoms with E-state index in [1.54, 1.807) is 13.2 Å². The zero-order chi connectivity index (χ0) is 24.2. The van der Waals surface area contributed by atoms with Gasteiger partial charge in [-0.05, 0) is 72.7 Å². The Morgan fingerprint density at radius 1 is 1.21 bits per heavy atom. The van der Waals surface area contributed by atoms with Crippen LogP contribution in [0.3, 0.4) is 0 Å². The van der Waals surface area contributed by atoms with Gasteiger partial charge in [-0.15, -0.1) is 11.3 Å². The number of nitrogens with one attached hydrogen (secondary N) is 1. The highest BCUT2D eigenvalue weighted by Crippen LogP contribution is 2.39. The number of hydrogen-bond donors (Lipinski definition) is 1. The molecule has 1 heterocycles. The molecule has 0 aliphatic heterocycles. The van der Waals surface area contributed by atoms with Crippen LogP contribution in [0.25, 0.3) is 16.0 Å². The molecule has 0 fully saturated rings. The van der Waals surface area contributed by atoms with Gasteiger partial charge in [0.05, 0.1) is 23.4 Å². The van der Waals surface area contributed by atoms with E-state index in [2.05, 4.69) is 35.1 Å². The van der Waals surface area contributed by atoms with E-state index >= 15 is 0 Å². The van der Waals surface area contributed by atoms with Crippen molar-refractivity contribution in [1.29, 1.82) is 0 Å². The lowest BCUT2D eigenvalue weighted by atomic mass is 9.96. The van der Waals surface area contributed by atoms with E-state index in [0.717, 1.165) is 64.4 Å². The molecule has 4 nitrogen and oxygen atoms in total. The maximum atomic E-state index is 14.0. The van der Waals surface area contributed by atoms with E-state index in [0.29, 0.717) is 0 Å². The largest absolute Gasteiger partial charge is 0.501 e. The molecule has 34 heavy (non-hydrogen) atoms. The Kier molecular flexibility index (Phi) is 7.03. The maximum absolute atomic E-state index is 14.0. The molecular formula is C27H24F2N2O2S. The highest BCUT2D eigenvalue weighted by Gasteiger charge is 2.24. The molecular weight excluding hydrogens is 454 g/mol. The molecule has 0 atom stereocenters. The number of allylic oxidation sites excluding steroid dienone is 5. The fraction of sp³-hybridized carbons (Fsp3) is 0.185. The number of amides is 1. The molecule has 0 saturated carbocycles. The number of ether oxygens (including phenoxy) is 1. The molecule has 4 rings (SSSR count). The summed E-state index contributed by atoms with van der Waals surface area (Å²) in [6, 6.07) is 9.70. The monoisotopic (exact) mass is 478 g/mol. The first kappa shape index (κ1) is 23.6. The van der Waals surface area contributed by atoms with Crippen LogP contribution in [-0.4, -0.2) is 18.0 Å². The number of hydrogen-bond acceptors (Lipinski definition) is 4. The first-order chi connectivity index (χ1) is 16.4. The van der Waals surface area contributed by atoms with Gasteiger partial charge in [-0.1, -0.05) is 36.9 Å². The van der Waals surface area contributed by atoms with Crippen LogP contribution in [0.5, 0.6) is 0 Å². The third-order valence-corrected chi connectivity index (χ3v) is 6.75. The summed E-state index contributed by atoms with van der Waals surface area (Å²) in [6.07, 6.45) is 8.09. The number of methoxy groups -OCH3 is 1. The van der Waals surface area contributed by atoms with E-state index < -0.39 is 23.2 Å². The quantitative estimate of drug-likeness (QED) is 0.308. The minimum atomic E-state index is -0.831. The van der Waals surface area contributed by atoms with Crippen LogP contribution in [0.1, 0.15) is 40.0 Å². The molecule has 1 aromatic heterocycles. The Balaban J connectivity index is 1.73. The smallest absolute Gasteiger partial charge is 0.284 e. The van der Waals surface area contributed by atoms with Crippen LogP contribution in [0, 0.1) is 11.6 Å². The van der Waals surface area contributed by atoms with Crippen molar-refractivity contribution in [3.8, 4) is 10.4 Å². The van der Waals surface area contributed by atoms with Crippen molar-refractivity contribution in [2.45, 2.75) is 26.2 Å². The normalized spacial score (nSPS) is 13.5. The molecule has 0 saturated heterocycles. The third-order valence-electron chi connectivity index (χ3n) is 5.62. The van der Waals surface area contributed by atoms with E-state index in [9.17, 15) is 13.6 Å². The van der Waals surface area contributed by atoms with Gasteiger partial charge in [-0.25, -0.2) is 13.8 Å². The van der Waals surface area contributed by atoms with E-state index in [1.165, 1.54) is 23.0 Å². The van der Waals surface area contributed by atoms with Crippen LogP contribution in [0.2, 0.25) is 0 Å². The molecule has 1 N–H and O–H groups in total. The highest BCUT2D eigenvalue weighted by atomic mass is 32.1. The van der Waals surface area contributed by atoms with Gasteiger partial charge in [-0.3, -0.25) is 4.79 Å². The Hall–Kier alpha value is -3.58. The van der Waals surface area contributed by atoms with Crippen LogP contribution in [0.15, 0.2) is 67.0 Å². The van der Waals surface area contributed by atoms with Crippen LogP contribution in [0.4, 0.5) is 14.5 Å². The van der Waals surface area contributed by atoms with Crippen molar-refractivity contribution in [1.82, 2.24) is 4.98 Å². The summed E-state index contributed by atoms with van der Waals surface area (Å²) >= 11 is 1.23. The Morgan fingerprint density at radius 2 is 1.97 bits per heavy atom. The minimum absolute atomic E-state index is 0.169. The minimum Gasteiger partial charge on any atom is -0.501 e. The van der Waals surface area contributed by atoms with Gasteiger partial charge in [0.25, 0.3) is 5.91 Å². The molecule has 0 unspecified atom stereocenters. The number of nitrogens with zero attached hydrogens (tertiary/aromatic N) is 1. The molecule has 174 valence electrons. The molecule has 7 heteroatoms. The topological polar surface area (TPSA) is 51.2 Å². The average molecular weight is 479 g/mol. The zero-order valence-corrected chi connectivity index (χ0v) is 19.8. The number of anilines is 1. The summed E-state index contributed by atoms with van der Waals surface area (Å²) in [5.74, 6) is -1.53. The second-order valence-corrected chi connectivity index (χ2v) is 8.89. The summed E-state index contributed by atoms with van der Waals surface area (Å²) in [4.78, 5) is 18.2. The van der Waals surface area contributed by atoms with Crippen molar-refractivity contribution < 1.29 is 18.3 Å². The van der Waals surface area contributed by atoms with E-state index in [1.807, 2.05) is 19.1 Å². The summed E-state index contributed by atoms with van der Waals surface area (Å²) < 4.78 is 33.3. The fourth-order valence-electron chi connectivity index (χ4n) is 3.88. The summed E-state index contributed by atoms with van der Waals surface area (Å²) in [5, 5.41) is 2.50. The molecule has 2 aromatic carbocycles. The van der Waals surface area contributed by atoms with E-state index in [4.69, 9.17) is 4.74 Å². The lowest BCUT2D eigenvalue weighted by molar-refractivity contribution is 0.102.